The lowest BCUT2D eigenvalue weighted by Crippen LogP contribution is -2.62. The Hall–Kier alpha value is -1.14. The molecule has 1 aromatic heterocycles. The Bertz CT molecular complexity index is 455. The highest BCUT2D eigenvalue weighted by Gasteiger charge is 2.38. The van der Waals surface area contributed by atoms with Gasteiger partial charge in [0.2, 0.25) is 5.91 Å². The number of aromatic nitrogens is 1. The summed E-state index contributed by atoms with van der Waals surface area (Å²) >= 11 is 1.66. The number of nitrogens with one attached hydrogen (secondary N) is 2. The van der Waals surface area contributed by atoms with Crippen LogP contribution in [0.3, 0.4) is 0 Å². The SMILES string of the molecule is CC(C)NCc1cnc(N2CCNC(=O)C2(C)C)s1. The lowest BCUT2D eigenvalue weighted by atomic mass is 10.00. The maximum atomic E-state index is 11.9. The Labute approximate surface area is 118 Å². The number of carbonyl (C=O) groups is 1. The molecule has 19 heavy (non-hydrogen) atoms. The number of hydrogen-bond donors (Lipinski definition) is 2. The molecular weight excluding hydrogens is 260 g/mol. The fraction of sp³-hybridized carbons (Fsp3) is 0.692. The number of anilines is 1. The Morgan fingerprint density at radius 3 is 3.00 bits per heavy atom. The van der Waals surface area contributed by atoms with Gasteiger partial charge in [-0.1, -0.05) is 13.8 Å². The van der Waals surface area contributed by atoms with E-state index in [2.05, 4.69) is 34.4 Å². The minimum Gasteiger partial charge on any atom is -0.352 e. The van der Waals surface area contributed by atoms with Crippen molar-refractivity contribution in [3.8, 4) is 0 Å². The third-order valence-corrected chi connectivity index (χ3v) is 4.33. The lowest BCUT2D eigenvalue weighted by Gasteiger charge is -2.41. The van der Waals surface area contributed by atoms with E-state index in [9.17, 15) is 4.79 Å². The van der Waals surface area contributed by atoms with Crippen LogP contribution in [0.5, 0.6) is 0 Å². The van der Waals surface area contributed by atoms with Gasteiger partial charge in [-0.15, -0.1) is 11.3 Å². The molecule has 0 saturated carbocycles. The van der Waals surface area contributed by atoms with E-state index in [1.165, 1.54) is 4.88 Å². The van der Waals surface area contributed by atoms with E-state index >= 15 is 0 Å². The molecule has 5 nitrogen and oxygen atoms in total. The molecule has 0 atom stereocenters. The summed E-state index contributed by atoms with van der Waals surface area (Å²) in [5.41, 5.74) is -0.529. The van der Waals surface area contributed by atoms with Crippen molar-refractivity contribution in [2.24, 2.45) is 0 Å². The van der Waals surface area contributed by atoms with Crippen molar-refractivity contribution in [3.05, 3.63) is 11.1 Å². The highest BCUT2D eigenvalue weighted by molar-refractivity contribution is 7.15. The first kappa shape index (κ1) is 14.3. The Morgan fingerprint density at radius 2 is 2.32 bits per heavy atom. The monoisotopic (exact) mass is 282 g/mol. The van der Waals surface area contributed by atoms with Crippen molar-refractivity contribution in [2.75, 3.05) is 18.0 Å². The summed E-state index contributed by atoms with van der Waals surface area (Å²) in [6.07, 6.45) is 1.90. The summed E-state index contributed by atoms with van der Waals surface area (Å²) in [4.78, 5) is 19.7. The van der Waals surface area contributed by atoms with Crippen LogP contribution >= 0.6 is 11.3 Å². The second kappa shape index (κ2) is 5.46. The van der Waals surface area contributed by atoms with Gasteiger partial charge in [-0.05, 0) is 13.8 Å². The zero-order valence-electron chi connectivity index (χ0n) is 12.0. The van der Waals surface area contributed by atoms with Crippen molar-refractivity contribution in [1.29, 1.82) is 0 Å². The minimum absolute atomic E-state index is 0.0656. The number of hydrogen-bond acceptors (Lipinski definition) is 5. The van der Waals surface area contributed by atoms with Crippen LogP contribution in [-0.4, -0.2) is 35.6 Å². The predicted molar refractivity (Wildman–Crippen MR) is 78.5 cm³/mol. The molecule has 0 unspecified atom stereocenters. The predicted octanol–water partition coefficient (Wildman–Crippen LogP) is 1.36. The van der Waals surface area contributed by atoms with Crippen molar-refractivity contribution in [3.63, 3.8) is 0 Å². The van der Waals surface area contributed by atoms with E-state index in [1.54, 1.807) is 11.3 Å². The average molecular weight is 282 g/mol. The molecule has 1 aliphatic rings. The molecule has 106 valence electrons. The molecular formula is C13H22N4OS. The molecule has 0 bridgehead atoms. The molecule has 1 amide bonds. The standard InChI is InChI=1S/C13H22N4OS/c1-9(2)15-7-10-8-16-12(19-10)17-6-5-14-11(18)13(17,3)4/h8-9,15H,5-7H2,1-4H3,(H,14,18). The number of nitrogens with zero attached hydrogens (tertiary/aromatic N) is 2. The summed E-state index contributed by atoms with van der Waals surface area (Å²) in [5.74, 6) is 0.0656. The van der Waals surface area contributed by atoms with Crippen LogP contribution in [0.4, 0.5) is 5.13 Å². The normalized spacial score (nSPS) is 18.8. The molecule has 1 aromatic rings. The van der Waals surface area contributed by atoms with Crippen LogP contribution in [0, 0.1) is 0 Å². The van der Waals surface area contributed by atoms with Crippen molar-refractivity contribution in [2.45, 2.75) is 45.8 Å². The van der Waals surface area contributed by atoms with E-state index in [-0.39, 0.29) is 5.91 Å². The topological polar surface area (TPSA) is 57.3 Å². The lowest BCUT2D eigenvalue weighted by molar-refractivity contribution is -0.126. The third kappa shape index (κ3) is 3.06. The molecule has 1 saturated heterocycles. The van der Waals surface area contributed by atoms with Crippen LogP contribution in [0.2, 0.25) is 0 Å². The second-order valence-electron chi connectivity index (χ2n) is 5.61. The molecule has 1 aliphatic heterocycles. The third-order valence-electron chi connectivity index (χ3n) is 3.31. The fourth-order valence-corrected chi connectivity index (χ4v) is 3.07. The highest BCUT2D eigenvalue weighted by Crippen LogP contribution is 2.30. The van der Waals surface area contributed by atoms with E-state index in [0.29, 0.717) is 12.6 Å². The van der Waals surface area contributed by atoms with Gasteiger partial charge in [-0.3, -0.25) is 4.79 Å². The van der Waals surface area contributed by atoms with Gasteiger partial charge < -0.3 is 15.5 Å². The molecule has 2 rings (SSSR count). The molecule has 0 aliphatic carbocycles. The number of amides is 1. The first-order valence-electron chi connectivity index (χ1n) is 6.65. The van der Waals surface area contributed by atoms with E-state index in [1.807, 2.05) is 20.0 Å². The van der Waals surface area contributed by atoms with Gasteiger partial charge in [0.15, 0.2) is 5.13 Å². The van der Waals surface area contributed by atoms with Crippen LogP contribution in [0.25, 0.3) is 0 Å². The summed E-state index contributed by atoms with van der Waals surface area (Å²) < 4.78 is 0. The van der Waals surface area contributed by atoms with E-state index < -0.39 is 5.54 Å². The fourth-order valence-electron chi connectivity index (χ4n) is 2.04. The first-order valence-corrected chi connectivity index (χ1v) is 7.47. The quantitative estimate of drug-likeness (QED) is 0.875. The van der Waals surface area contributed by atoms with Gasteiger partial charge >= 0.3 is 0 Å². The summed E-state index contributed by atoms with van der Waals surface area (Å²) in [6, 6.07) is 0.461. The Balaban J connectivity index is 2.11. The van der Waals surface area contributed by atoms with Crippen LogP contribution in [0.1, 0.15) is 32.6 Å². The first-order chi connectivity index (χ1) is 8.91. The number of carbonyl (C=O) groups excluding carboxylic acids is 1. The second-order valence-corrected chi connectivity index (χ2v) is 6.70. The Morgan fingerprint density at radius 1 is 1.58 bits per heavy atom. The van der Waals surface area contributed by atoms with Crippen molar-refractivity contribution < 1.29 is 4.79 Å². The van der Waals surface area contributed by atoms with Crippen molar-refractivity contribution >= 4 is 22.4 Å². The van der Waals surface area contributed by atoms with Gasteiger partial charge in [0.05, 0.1) is 0 Å². The Kier molecular flexibility index (Phi) is 4.10. The van der Waals surface area contributed by atoms with Crippen LogP contribution in [0.15, 0.2) is 6.20 Å². The van der Waals surface area contributed by atoms with E-state index in [0.717, 1.165) is 18.2 Å². The van der Waals surface area contributed by atoms with Gasteiger partial charge in [-0.25, -0.2) is 4.98 Å². The molecule has 6 heteroatoms. The summed E-state index contributed by atoms with van der Waals surface area (Å²) in [5, 5.41) is 7.21. The summed E-state index contributed by atoms with van der Waals surface area (Å²) in [6.45, 7) is 10.4. The zero-order chi connectivity index (χ0) is 14.0. The molecule has 2 heterocycles. The van der Waals surface area contributed by atoms with Gasteiger partial charge in [-0.2, -0.15) is 0 Å². The number of piperazine rings is 1. The maximum Gasteiger partial charge on any atom is 0.245 e. The van der Waals surface area contributed by atoms with Gasteiger partial charge in [0.25, 0.3) is 0 Å². The average Bonchev–Trinajstić information content (AvgIpc) is 2.78. The molecule has 1 fully saturated rings. The maximum absolute atomic E-state index is 11.9. The van der Waals surface area contributed by atoms with E-state index in [4.69, 9.17) is 0 Å². The van der Waals surface area contributed by atoms with Crippen LogP contribution < -0.4 is 15.5 Å². The molecule has 0 spiro atoms. The van der Waals surface area contributed by atoms with Crippen molar-refractivity contribution in [1.82, 2.24) is 15.6 Å². The number of thiazole rings is 1. The largest absolute Gasteiger partial charge is 0.352 e. The zero-order valence-corrected chi connectivity index (χ0v) is 12.8. The van der Waals surface area contributed by atoms with Gasteiger partial charge in [0.1, 0.15) is 5.54 Å². The summed E-state index contributed by atoms with van der Waals surface area (Å²) in [7, 11) is 0. The number of rotatable bonds is 4. The molecule has 2 N–H and O–H groups in total. The molecule has 0 radical (unpaired) electrons. The minimum atomic E-state index is -0.529. The smallest absolute Gasteiger partial charge is 0.245 e. The van der Waals surface area contributed by atoms with Gasteiger partial charge in [0, 0.05) is 36.8 Å². The molecule has 0 aromatic carbocycles. The highest BCUT2D eigenvalue weighted by atomic mass is 32.1. The van der Waals surface area contributed by atoms with Crippen LogP contribution in [-0.2, 0) is 11.3 Å².